The van der Waals surface area contributed by atoms with Crippen LogP contribution in [0.3, 0.4) is 0 Å². The molecule has 0 unspecified atom stereocenters. The summed E-state index contributed by atoms with van der Waals surface area (Å²) in [6, 6.07) is 4.34. The van der Waals surface area contributed by atoms with E-state index in [1.54, 1.807) is 7.11 Å². The lowest BCUT2D eigenvalue weighted by Gasteiger charge is -2.24. The third kappa shape index (κ3) is 6.42. The Balaban J connectivity index is 2.88. The Bertz CT molecular complexity index is 547. The summed E-state index contributed by atoms with van der Waals surface area (Å²) < 4.78 is 10.9. The van der Waals surface area contributed by atoms with E-state index in [0.717, 1.165) is 37.0 Å². The fourth-order valence-corrected chi connectivity index (χ4v) is 2.72. The van der Waals surface area contributed by atoms with Crippen molar-refractivity contribution in [3.63, 3.8) is 0 Å². The van der Waals surface area contributed by atoms with Gasteiger partial charge in [0.25, 0.3) is 0 Å². The normalized spacial score (nSPS) is 12.6. The number of ether oxygens (including phenoxy) is 2. The van der Waals surface area contributed by atoms with Crippen molar-refractivity contribution in [3.05, 3.63) is 28.8 Å². The van der Waals surface area contributed by atoms with Crippen molar-refractivity contribution in [2.75, 3.05) is 7.11 Å². The van der Waals surface area contributed by atoms with Gasteiger partial charge < -0.3 is 14.8 Å². The highest BCUT2D eigenvalue weighted by atomic mass is 16.6. The van der Waals surface area contributed by atoms with E-state index in [1.165, 1.54) is 11.1 Å². The first kappa shape index (κ1) is 20.3. The Morgan fingerprint density at radius 3 is 2.38 bits per heavy atom. The number of carbonyl (C=O) groups is 1. The topological polar surface area (TPSA) is 47.6 Å². The largest absolute Gasteiger partial charge is 0.496 e. The Labute approximate surface area is 146 Å². The first-order valence-corrected chi connectivity index (χ1v) is 8.86. The van der Waals surface area contributed by atoms with Crippen LogP contribution in [0.15, 0.2) is 12.1 Å². The number of aryl methyl sites for hydroxylation is 2. The number of alkyl carbamates (subject to hydrolysis) is 1. The predicted molar refractivity (Wildman–Crippen MR) is 98.9 cm³/mol. The van der Waals surface area contributed by atoms with Crippen LogP contribution in [0.5, 0.6) is 5.75 Å². The summed E-state index contributed by atoms with van der Waals surface area (Å²) in [5.41, 5.74) is 3.24. The molecular weight excluding hydrogens is 302 g/mol. The number of benzene rings is 1. The number of nitrogens with one attached hydrogen (secondary N) is 1. The fraction of sp³-hybridized carbons (Fsp3) is 0.650. The lowest BCUT2D eigenvalue weighted by molar-refractivity contribution is 0.0502. The van der Waals surface area contributed by atoms with Gasteiger partial charge in [0.05, 0.1) is 7.11 Å². The van der Waals surface area contributed by atoms with E-state index >= 15 is 0 Å². The van der Waals surface area contributed by atoms with Crippen LogP contribution in [-0.2, 0) is 17.6 Å². The van der Waals surface area contributed by atoms with Gasteiger partial charge in [-0.3, -0.25) is 0 Å². The molecule has 0 aromatic heterocycles. The van der Waals surface area contributed by atoms with Crippen LogP contribution >= 0.6 is 0 Å². The molecule has 24 heavy (non-hydrogen) atoms. The van der Waals surface area contributed by atoms with Crippen molar-refractivity contribution in [3.8, 4) is 5.75 Å². The van der Waals surface area contributed by atoms with Crippen LogP contribution in [0, 0.1) is 6.92 Å². The molecule has 0 fully saturated rings. The van der Waals surface area contributed by atoms with Gasteiger partial charge in [0.2, 0.25) is 0 Å². The van der Waals surface area contributed by atoms with Gasteiger partial charge in [0.15, 0.2) is 0 Å². The SMILES string of the molecule is CCCc1cc(OC)c(C[C@H](CC)NC(=O)OC(C)(C)C)cc1C. The minimum Gasteiger partial charge on any atom is -0.496 e. The average molecular weight is 335 g/mol. The third-order valence-electron chi connectivity index (χ3n) is 3.94. The molecule has 0 saturated heterocycles. The van der Waals surface area contributed by atoms with E-state index in [9.17, 15) is 4.79 Å². The van der Waals surface area contributed by atoms with Gasteiger partial charge in [0.1, 0.15) is 11.4 Å². The van der Waals surface area contributed by atoms with Crippen molar-refractivity contribution < 1.29 is 14.3 Å². The Kier molecular flexibility index (Phi) is 7.59. The summed E-state index contributed by atoms with van der Waals surface area (Å²) in [6.07, 6.45) is 3.36. The first-order valence-electron chi connectivity index (χ1n) is 8.86. The smallest absolute Gasteiger partial charge is 0.407 e. The highest BCUT2D eigenvalue weighted by Crippen LogP contribution is 2.26. The maximum absolute atomic E-state index is 12.0. The summed E-state index contributed by atoms with van der Waals surface area (Å²) >= 11 is 0. The molecule has 1 aromatic rings. The summed E-state index contributed by atoms with van der Waals surface area (Å²) in [6.45, 7) is 12.0. The van der Waals surface area contributed by atoms with Gasteiger partial charge in [0, 0.05) is 6.04 Å². The molecule has 1 aromatic carbocycles. The predicted octanol–water partition coefficient (Wildman–Crippen LogP) is 4.80. The maximum Gasteiger partial charge on any atom is 0.407 e. The molecule has 1 atom stereocenters. The molecule has 1 N–H and O–H groups in total. The highest BCUT2D eigenvalue weighted by molar-refractivity contribution is 5.68. The van der Waals surface area contributed by atoms with Crippen molar-refractivity contribution >= 4 is 6.09 Å². The van der Waals surface area contributed by atoms with Crippen LogP contribution in [-0.4, -0.2) is 24.8 Å². The molecule has 4 nitrogen and oxygen atoms in total. The second kappa shape index (κ2) is 8.95. The number of hydrogen-bond acceptors (Lipinski definition) is 3. The molecule has 0 radical (unpaired) electrons. The van der Waals surface area contributed by atoms with Gasteiger partial charge in [-0.1, -0.05) is 26.3 Å². The number of rotatable bonds is 7. The molecule has 0 aliphatic heterocycles. The molecule has 0 aliphatic rings. The number of amides is 1. The van der Waals surface area contributed by atoms with Crippen LogP contribution in [0.1, 0.15) is 64.2 Å². The first-order chi connectivity index (χ1) is 11.2. The minimum atomic E-state index is -0.488. The van der Waals surface area contributed by atoms with Crippen molar-refractivity contribution in [1.82, 2.24) is 5.32 Å². The number of hydrogen-bond donors (Lipinski definition) is 1. The highest BCUT2D eigenvalue weighted by Gasteiger charge is 2.20. The van der Waals surface area contributed by atoms with E-state index in [4.69, 9.17) is 9.47 Å². The molecule has 1 rings (SSSR count). The maximum atomic E-state index is 12.0. The van der Waals surface area contributed by atoms with Gasteiger partial charge in [-0.05, 0) is 69.7 Å². The molecule has 136 valence electrons. The monoisotopic (exact) mass is 335 g/mol. The Morgan fingerprint density at radius 2 is 1.88 bits per heavy atom. The third-order valence-corrected chi connectivity index (χ3v) is 3.94. The molecule has 0 bridgehead atoms. The van der Waals surface area contributed by atoms with E-state index in [0.29, 0.717) is 0 Å². The average Bonchev–Trinajstić information content (AvgIpc) is 2.47. The molecule has 0 spiro atoms. The summed E-state index contributed by atoms with van der Waals surface area (Å²) in [7, 11) is 1.70. The molecule has 4 heteroatoms. The zero-order valence-electron chi connectivity index (χ0n) is 16.3. The van der Waals surface area contributed by atoms with E-state index in [1.807, 2.05) is 20.8 Å². The van der Waals surface area contributed by atoms with Crippen LogP contribution < -0.4 is 10.1 Å². The fourth-order valence-electron chi connectivity index (χ4n) is 2.72. The van der Waals surface area contributed by atoms with Crippen LogP contribution in [0.25, 0.3) is 0 Å². The second-order valence-electron chi connectivity index (χ2n) is 7.30. The van der Waals surface area contributed by atoms with Gasteiger partial charge >= 0.3 is 6.09 Å². The van der Waals surface area contributed by atoms with E-state index in [2.05, 4.69) is 38.2 Å². The second-order valence-corrected chi connectivity index (χ2v) is 7.30. The summed E-state index contributed by atoms with van der Waals surface area (Å²) in [5, 5.41) is 2.97. The number of methoxy groups -OCH3 is 1. The molecule has 0 saturated carbocycles. The van der Waals surface area contributed by atoms with Crippen LogP contribution in [0.4, 0.5) is 4.79 Å². The van der Waals surface area contributed by atoms with Crippen molar-refractivity contribution in [2.45, 2.75) is 78.9 Å². The van der Waals surface area contributed by atoms with Gasteiger partial charge in [-0.15, -0.1) is 0 Å². The quantitative estimate of drug-likeness (QED) is 0.778. The zero-order valence-corrected chi connectivity index (χ0v) is 16.3. The standard InChI is InChI=1S/C20H33NO3/c1-8-10-15-13-18(23-7)16(11-14(15)3)12-17(9-2)21-19(22)24-20(4,5)6/h11,13,17H,8-10,12H2,1-7H3,(H,21,22)/t17-/m0/s1. The molecule has 0 heterocycles. The van der Waals surface area contributed by atoms with Crippen LogP contribution in [0.2, 0.25) is 0 Å². The van der Waals surface area contributed by atoms with E-state index in [-0.39, 0.29) is 12.1 Å². The lowest BCUT2D eigenvalue weighted by atomic mass is 9.96. The number of carbonyl (C=O) groups excluding carboxylic acids is 1. The van der Waals surface area contributed by atoms with Gasteiger partial charge in [-0.2, -0.15) is 0 Å². The molecule has 0 aliphatic carbocycles. The summed E-state index contributed by atoms with van der Waals surface area (Å²) in [4.78, 5) is 12.0. The lowest BCUT2D eigenvalue weighted by Crippen LogP contribution is -2.40. The Morgan fingerprint density at radius 1 is 1.21 bits per heavy atom. The van der Waals surface area contributed by atoms with Gasteiger partial charge in [-0.25, -0.2) is 4.79 Å². The Hall–Kier alpha value is -1.71. The van der Waals surface area contributed by atoms with Crippen molar-refractivity contribution in [1.29, 1.82) is 0 Å². The molecule has 1 amide bonds. The molecular formula is C20H33NO3. The van der Waals surface area contributed by atoms with Crippen molar-refractivity contribution in [2.24, 2.45) is 0 Å². The zero-order chi connectivity index (χ0) is 18.3. The minimum absolute atomic E-state index is 0.0187. The van der Waals surface area contributed by atoms with E-state index < -0.39 is 5.60 Å². The summed E-state index contributed by atoms with van der Waals surface area (Å²) in [5.74, 6) is 0.897.